The average Bonchev–Trinajstić information content (AvgIpc) is 2.94. The third kappa shape index (κ3) is 4.01. The number of esters is 1. The molecule has 2 fully saturated rings. The zero-order valence-corrected chi connectivity index (χ0v) is 14.7. The van der Waals surface area contributed by atoms with Gasteiger partial charge in [0.15, 0.2) is 0 Å². The topological polar surface area (TPSA) is 121 Å². The molecule has 2 aliphatic heterocycles. The van der Waals surface area contributed by atoms with E-state index in [1.807, 2.05) is 0 Å². The van der Waals surface area contributed by atoms with Crippen molar-refractivity contribution in [3.63, 3.8) is 0 Å². The molecule has 11 heteroatoms. The number of aliphatic hydroxyl groups is 2. The number of alkyl halides is 2. The standard InChI is InChI=1S/C13H20F2O7S2/c1-12(2,18)5-6-3-7-4-8(9(6)23-7)10(16)22-11(17)13(14,15)24(19,20)21/h6-9,11,17-18H,3-5H2,1-2H3,(H,19,20,21). The van der Waals surface area contributed by atoms with Gasteiger partial charge in [0.2, 0.25) is 0 Å². The first-order valence-corrected chi connectivity index (χ1v) is 9.72. The molecule has 2 bridgehead atoms. The highest BCUT2D eigenvalue weighted by atomic mass is 32.2. The molecule has 0 radical (unpaired) electrons. The molecule has 0 aromatic heterocycles. The molecule has 0 aromatic carbocycles. The molecule has 0 saturated carbocycles. The summed E-state index contributed by atoms with van der Waals surface area (Å²) in [5.74, 6) is -1.91. The number of thioether (sulfide) groups is 1. The Hall–Kier alpha value is -0.490. The van der Waals surface area contributed by atoms with Crippen LogP contribution in [0.25, 0.3) is 0 Å². The molecule has 5 atom stereocenters. The van der Waals surface area contributed by atoms with E-state index in [-0.39, 0.29) is 16.4 Å². The molecular formula is C13H20F2O7S2. The second-order valence-electron chi connectivity index (χ2n) is 6.90. The zero-order chi connectivity index (χ0) is 18.5. The lowest BCUT2D eigenvalue weighted by molar-refractivity contribution is -0.209. The van der Waals surface area contributed by atoms with Crippen molar-refractivity contribution in [2.75, 3.05) is 0 Å². The maximum absolute atomic E-state index is 13.3. The van der Waals surface area contributed by atoms with E-state index in [4.69, 9.17) is 4.55 Å². The Labute approximate surface area is 142 Å². The summed E-state index contributed by atoms with van der Waals surface area (Å²) in [6.45, 7) is 3.26. The number of carbonyl (C=O) groups is 1. The number of hydrogen-bond acceptors (Lipinski definition) is 7. The van der Waals surface area contributed by atoms with E-state index < -0.39 is 39.2 Å². The molecule has 2 saturated heterocycles. The molecule has 0 aromatic rings. The van der Waals surface area contributed by atoms with Gasteiger partial charge in [0, 0.05) is 10.5 Å². The Bertz CT molecular complexity index is 602. The summed E-state index contributed by atoms with van der Waals surface area (Å²) in [4.78, 5) is 12.1. The summed E-state index contributed by atoms with van der Waals surface area (Å²) < 4.78 is 60.2. The third-order valence-electron chi connectivity index (χ3n) is 4.22. The number of fused-ring (bicyclic) bond motifs is 2. The fourth-order valence-corrected chi connectivity index (χ4v) is 5.58. The van der Waals surface area contributed by atoms with E-state index in [1.54, 1.807) is 13.8 Å². The van der Waals surface area contributed by atoms with E-state index in [0.29, 0.717) is 12.8 Å². The third-order valence-corrected chi connectivity index (χ3v) is 6.90. The van der Waals surface area contributed by atoms with Crippen molar-refractivity contribution < 1.29 is 41.5 Å². The Morgan fingerprint density at radius 2 is 1.96 bits per heavy atom. The molecule has 2 rings (SSSR count). The monoisotopic (exact) mass is 390 g/mol. The molecule has 2 aliphatic rings. The summed E-state index contributed by atoms with van der Waals surface area (Å²) >= 11 is 1.51. The van der Waals surface area contributed by atoms with Crippen LogP contribution >= 0.6 is 11.8 Å². The first-order valence-electron chi connectivity index (χ1n) is 7.33. The fraction of sp³-hybridized carbons (Fsp3) is 0.923. The molecule has 140 valence electrons. The second kappa shape index (κ2) is 6.35. The van der Waals surface area contributed by atoms with Crippen LogP contribution in [0.2, 0.25) is 0 Å². The maximum Gasteiger partial charge on any atom is 0.430 e. The molecular weight excluding hydrogens is 370 g/mol. The van der Waals surface area contributed by atoms with Crippen molar-refractivity contribution in [3.05, 3.63) is 0 Å². The van der Waals surface area contributed by atoms with Crippen molar-refractivity contribution in [1.29, 1.82) is 0 Å². The highest BCUT2D eigenvalue weighted by Gasteiger charge is 2.56. The number of rotatable bonds is 6. The van der Waals surface area contributed by atoms with Gasteiger partial charge in [0.1, 0.15) is 0 Å². The summed E-state index contributed by atoms with van der Waals surface area (Å²) in [7, 11) is -5.91. The molecule has 7 nitrogen and oxygen atoms in total. The van der Waals surface area contributed by atoms with Crippen LogP contribution < -0.4 is 0 Å². The smallest absolute Gasteiger partial charge is 0.428 e. The SMILES string of the molecule is CC(C)(O)CC1CC2CC(C(=O)OC(O)C(F)(F)S(=O)(=O)O)C1S2. The van der Waals surface area contributed by atoms with Gasteiger partial charge in [-0.25, -0.2) is 0 Å². The van der Waals surface area contributed by atoms with Gasteiger partial charge in [-0.3, -0.25) is 9.35 Å². The summed E-state index contributed by atoms with van der Waals surface area (Å²) in [6.07, 6.45) is -1.70. The minimum Gasteiger partial charge on any atom is -0.428 e. The fourth-order valence-electron chi connectivity index (χ4n) is 3.32. The van der Waals surface area contributed by atoms with Gasteiger partial charge in [-0.1, -0.05) is 0 Å². The molecule has 5 unspecified atom stereocenters. The number of aliphatic hydroxyl groups excluding tert-OH is 1. The highest BCUT2D eigenvalue weighted by Crippen LogP contribution is 2.55. The van der Waals surface area contributed by atoms with Crippen molar-refractivity contribution >= 4 is 27.8 Å². The van der Waals surface area contributed by atoms with E-state index in [0.717, 1.165) is 6.42 Å². The van der Waals surface area contributed by atoms with Crippen molar-refractivity contribution in [2.24, 2.45) is 11.8 Å². The molecule has 0 amide bonds. The van der Waals surface area contributed by atoms with Crippen LogP contribution in [-0.4, -0.2) is 56.8 Å². The predicted molar refractivity (Wildman–Crippen MR) is 80.9 cm³/mol. The van der Waals surface area contributed by atoms with Gasteiger partial charge in [-0.05, 0) is 39.0 Å². The van der Waals surface area contributed by atoms with Crippen LogP contribution in [0.3, 0.4) is 0 Å². The molecule has 0 aliphatic carbocycles. The quantitative estimate of drug-likeness (QED) is 0.349. The van der Waals surface area contributed by atoms with E-state index in [1.165, 1.54) is 11.8 Å². The van der Waals surface area contributed by atoms with Crippen molar-refractivity contribution in [1.82, 2.24) is 0 Å². The lowest BCUT2D eigenvalue weighted by Crippen LogP contribution is -2.45. The number of ether oxygens (including phenoxy) is 1. The Morgan fingerprint density at radius 1 is 1.38 bits per heavy atom. The summed E-state index contributed by atoms with van der Waals surface area (Å²) in [5.41, 5.74) is -0.943. The van der Waals surface area contributed by atoms with Gasteiger partial charge in [-0.2, -0.15) is 29.0 Å². The minimum absolute atomic E-state index is 0.00877. The molecule has 24 heavy (non-hydrogen) atoms. The summed E-state index contributed by atoms with van der Waals surface area (Å²) in [5, 5.41) is 14.0. The number of hydrogen-bond donors (Lipinski definition) is 3. The van der Waals surface area contributed by atoms with E-state index in [2.05, 4.69) is 4.74 Å². The average molecular weight is 390 g/mol. The van der Waals surface area contributed by atoms with Crippen LogP contribution in [-0.2, 0) is 19.6 Å². The molecule has 0 spiro atoms. The van der Waals surface area contributed by atoms with Crippen LogP contribution in [0.5, 0.6) is 0 Å². The van der Waals surface area contributed by atoms with Gasteiger partial charge >= 0.3 is 21.3 Å². The molecule has 2 heterocycles. The van der Waals surface area contributed by atoms with Crippen molar-refractivity contribution in [2.45, 2.75) is 60.8 Å². The lowest BCUT2D eigenvalue weighted by Gasteiger charge is -2.31. The van der Waals surface area contributed by atoms with Crippen LogP contribution in [0, 0.1) is 11.8 Å². The van der Waals surface area contributed by atoms with Crippen LogP contribution in [0.4, 0.5) is 8.78 Å². The number of halogens is 2. The Kier molecular flexibility index (Phi) is 5.24. The largest absolute Gasteiger partial charge is 0.430 e. The van der Waals surface area contributed by atoms with Gasteiger partial charge in [-0.15, -0.1) is 0 Å². The first-order chi connectivity index (χ1) is 10.7. The Morgan fingerprint density at radius 3 is 2.42 bits per heavy atom. The molecule has 3 N–H and O–H groups in total. The van der Waals surface area contributed by atoms with Crippen LogP contribution in [0.15, 0.2) is 0 Å². The van der Waals surface area contributed by atoms with E-state index >= 15 is 0 Å². The zero-order valence-electron chi connectivity index (χ0n) is 13.1. The predicted octanol–water partition coefficient (Wildman–Crippen LogP) is 1.000. The maximum atomic E-state index is 13.3. The Balaban J connectivity index is 2.03. The normalized spacial score (nSPS) is 32.0. The lowest BCUT2D eigenvalue weighted by atomic mass is 9.77. The van der Waals surface area contributed by atoms with Gasteiger partial charge in [0.25, 0.3) is 6.29 Å². The first kappa shape index (κ1) is 19.8. The van der Waals surface area contributed by atoms with Gasteiger partial charge in [0.05, 0.1) is 11.5 Å². The van der Waals surface area contributed by atoms with E-state index in [9.17, 15) is 32.2 Å². The summed E-state index contributed by atoms with van der Waals surface area (Å²) in [6, 6.07) is 0. The highest BCUT2D eigenvalue weighted by molar-refractivity contribution is 8.01. The van der Waals surface area contributed by atoms with Crippen molar-refractivity contribution in [3.8, 4) is 0 Å². The number of carbonyl (C=O) groups excluding carboxylic acids is 1. The minimum atomic E-state index is -5.91. The second-order valence-corrected chi connectivity index (χ2v) is 9.88. The van der Waals surface area contributed by atoms with Crippen LogP contribution in [0.1, 0.15) is 33.1 Å². The van der Waals surface area contributed by atoms with Gasteiger partial charge < -0.3 is 14.9 Å².